The molecule has 0 bridgehead atoms. The van der Waals surface area contributed by atoms with Crippen LogP contribution in [0.25, 0.3) is 0 Å². The predicted molar refractivity (Wildman–Crippen MR) is 39.6 cm³/mol. The smallest absolute Gasteiger partial charge is 0.0945 e. The molecule has 2 nitrogen and oxygen atoms in total. The van der Waals surface area contributed by atoms with Gasteiger partial charge in [-0.05, 0) is 18.8 Å². The molecule has 0 N–H and O–H groups in total. The molecular formula is C8H12N2. The largest absolute Gasteiger partial charge is 0.337 e. The molecule has 0 amide bonds. The van der Waals surface area contributed by atoms with Crippen LogP contribution >= 0.6 is 0 Å². The molecule has 1 heterocycles. The maximum atomic E-state index is 4.00. The van der Waals surface area contributed by atoms with Crippen LogP contribution in [-0.4, -0.2) is 9.55 Å². The number of imidazole rings is 1. The van der Waals surface area contributed by atoms with E-state index in [-0.39, 0.29) is 0 Å². The predicted octanol–water partition coefficient (Wildman–Crippen LogP) is 1.68. The molecule has 1 aliphatic carbocycles. The van der Waals surface area contributed by atoms with Crippen molar-refractivity contribution in [3.63, 3.8) is 0 Å². The minimum Gasteiger partial charge on any atom is -0.337 e. The number of nitrogens with zero attached hydrogens (tertiary/aromatic N) is 2. The van der Waals surface area contributed by atoms with Gasteiger partial charge in [0.05, 0.1) is 6.33 Å². The quantitative estimate of drug-likeness (QED) is 0.605. The third kappa shape index (κ3) is 1.06. The lowest BCUT2D eigenvalue weighted by molar-refractivity contribution is 0.276. The zero-order chi connectivity index (χ0) is 6.81. The van der Waals surface area contributed by atoms with E-state index in [0.717, 1.165) is 5.92 Å². The summed E-state index contributed by atoms with van der Waals surface area (Å²) in [7, 11) is 0. The first-order valence-electron chi connectivity index (χ1n) is 3.91. The molecule has 0 aromatic carbocycles. The molecule has 0 spiro atoms. The number of hydrogen-bond donors (Lipinski definition) is 0. The van der Waals surface area contributed by atoms with Crippen molar-refractivity contribution < 1.29 is 0 Å². The van der Waals surface area contributed by atoms with E-state index >= 15 is 0 Å². The highest BCUT2D eigenvalue weighted by atomic mass is 15.0. The molecule has 10 heavy (non-hydrogen) atoms. The molecule has 1 fully saturated rings. The zero-order valence-corrected chi connectivity index (χ0v) is 6.03. The lowest BCUT2D eigenvalue weighted by Crippen LogP contribution is -2.16. The molecular weight excluding hydrogens is 124 g/mol. The van der Waals surface area contributed by atoms with Crippen molar-refractivity contribution in [3.05, 3.63) is 18.7 Å². The van der Waals surface area contributed by atoms with Gasteiger partial charge < -0.3 is 4.57 Å². The normalized spacial score (nSPS) is 18.8. The van der Waals surface area contributed by atoms with Gasteiger partial charge in [0.25, 0.3) is 0 Å². The molecule has 1 saturated carbocycles. The van der Waals surface area contributed by atoms with Crippen LogP contribution in [0, 0.1) is 5.92 Å². The van der Waals surface area contributed by atoms with E-state index < -0.39 is 0 Å². The average Bonchev–Trinajstić information content (AvgIpc) is 2.29. The van der Waals surface area contributed by atoms with Crippen molar-refractivity contribution >= 4 is 0 Å². The Labute approximate surface area is 60.9 Å². The minimum atomic E-state index is 0.939. The molecule has 0 unspecified atom stereocenters. The van der Waals surface area contributed by atoms with Gasteiger partial charge in [0, 0.05) is 18.9 Å². The summed E-state index contributed by atoms with van der Waals surface area (Å²) in [5.74, 6) is 0.939. The average molecular weight is 136 g/mol. The lowest BCUT2D eigenvalue weighted by atomic mass is 9.85. The molecule has 0 atom stereocenters. The molecule has 1 aromatic rings. The van der Waals surface area contributed by atoms with Gasteiger partial charge in [-0.1, -0.05) is 6.42 Å². The summed E-state index contributed by atoms with van der Waals surface area (Å²) in [6.07, 6.45) is 10.0. The van der Waals surface area contributed by atoms with Crippen molar-refractivity contribution in [1.29, 1.82) is 0 Å². The first kappa shape index (κ1) is 5.96. The summed E-state index contributed by atoms with van der Waals surface area (Å²) in [6.45, 7) is 1.18. The van der Waals surface area contributed by atoms with E-state index in [1.165, 1.54) is 25.8 Å². The third-order valence-corrected chi connectivity index (χ3v) is 2.25. The van der Waals surface area contributed by atoms with E-state index in [4.69, 9.17) is 0 Å². The van der Waals surface area contributed by atoms with E-state index in [1.54, 1.807) is 0 Å². The fraction of sp³-hybridized carbons (Fsp3) is 0.625. The maximum absolute atomic E-state index is 4.00. The molecule has 0 aliphatic heterocycles. The zero-order valence-electron chi connectivity index (χ0n) is 6.03. The fourth-order valence-electron chi connectivity index (χ4n) is 1.37. The summed E-state index contributed by atoms with van der Waals surface area (Å²) >= 11 is 0. The van der Waals surface area contributed by atoms with E-state index in [2.05, 4.69) is 9.55 Å². The van der Waals surface area contributed by atoms with E-state index in [9.17, 15) is 0 Å². The van der Waals surface area contributed by atoms with Gasteiger partial charge in [-0.2, -0.15) is 0 Å². The van der Waals surface area contributed by atoms with Crippen LogP contribution in [0.2, 0.25) is 0 Å². The van der Waals surface area contributed by atoms with Crippen LogP contribution < -0.4 is 0 Å². The second-order valence-corrected chi connectivity index (χ2v) is 3.06. The van der Waals surface area contributed by atoms with E-state index in [1.807, 2.05) is 18.7 Å². The summed E-state index contributed by atoms with van der Waals surface area (Å²) in [5.41, 5.74) is 0. The van der Waals surface area contributed by atoms with Crippen LogP contribution in [0.15, 0.2) is 18.7 Å². The Morgan fingerprint density at radius 1 is 1.50 bits per heavy atom. The van der Waals surface area contributed by atoms with Gasteiger partial charge in [-0.3, -0.25) is 0 Å². The SMILES string of the molecule is c1cn(CC2CCC2)cn1. The lowest BCUT2D eigenvalue weighted by Gasteiger charge is -2.25. The molecule has 1 aliphatic rings. The maximum Gasteiger partial charge on any atom is 0.0945 e. The molecule has 2 heteroatoms. The Hall–Kier alpha value is -0.790. The number of hydrogen-bond acceptors (Lipinski definition) is 1. The topological polar surface area (TPSA) is 17.8 Å². The monoisotopic (exact) mass is 136 g/mol. The molecule has 0 saturated heterocycles. The second-order valence-electron chi connectivity index (χ2n) is 3.06. The highest BCUT2D eigenvalue weighted by Gasteiger charge is 2.16. The fourth-order valence-corrected chi connectivity index (χ4v) is 1.37. The van der Waals surface area contributed by atoms with Crippen molar-refractivity contribution in [2.45, 2.75) is 25.8 Å². The number of aromatic nitrogens is 2. The van der Waals surface area contributed by atoms with Crippen LogP contribution in [0.4, 0.5) is 0 Å². The first-order chi connectivity index (χ1) is 4.95. The van der Waals surface area contributed by atoms with Gasteiger partial charge >= 0.3 is 0 Å². The summed E-state index contributed by atoms with van der Waals surface area (Å²) < 4.78 is 2.17. The third-order valence-electron chi connectivity index (χ3n) is 2.25. The van der Waals surface area contributed by atoms with Crippen molar-refractivity contribution in [2.24, 2.45) is 5.92 Å². The van der Waals surface area contributed by atoms with Gasteiger partial charge in [0.2, 0.25) is 0 Å². The molecule has 2 rings (SSSR count). The second kappa shape index (κ2) is 2.45. The summed E-state index contributed by atoms with van der Waals surface area (Å²) in [5, 5.41) is 0. The summed E-state index contributed by atoms with van der Waals surface area (Å²) in [4.78, 5) is 4.00. The highest BCUT2D eigenvalue weighted by molar-refractivity contribution is 4.78. The van der Waals surface area contributed by atoms with Crippen molar-refractivity contribution in [2.75, 3.05) is 0 Å². The standard InChI is InChI=1S/C8H12N2/c1-2-8(3-1)6-10-5-4-9-7-10/h4-5,7-8H,1-3,6H2. The summed E-state index contributed by atoms with van der Waals surface area (Å²) in [6, 6.07) is 0. The van der Waals surface area contributed by atoms with Gasteiger partial charge in [-0.25, -0.2) is 4.98 Å². The van der Waals surface area contributed by atoms with Gasteiger partial charge in [0.15, 0.2) is 0 Å². The van der Waals surface area contributed by atoms with Gasteiger partial charge in [-0.15, -0.1) is 0 Å². The van der Waals surface area contributed by atoms with Crippen LogP contribution in [-0.2, 0) is 6.54 Å². The Balaban J connectivity index is 1.90. The van der Waals surface area contributed by atoms with E-state index in [0.29, 0.717) is 0 Å². The van der Waals surface area contributed by atoms with Crippen molar-refractivity contribution in [1.82, 2.24) is 9.55 Å². The van der Waals surface area contributed by atoms with Crippen molar-refractivity contribution in [3.8, 4) is 0 Å². The Bertz CT molecular complexity index is 187. The first-order valence-corrected chi connectivity index (χ1v) is 3.91. The van der Waals surface area contributed by atoms with Gasteiger partial charge in [0.1, 0.15) is 0 Å². The Kier molecular flexibility index (Phi) is 1.46. The van der Waals surface area contributed by atoms with Crippen LogP contribution in [0.3, 0.4) is 0 Å². The highest BCUT2D eigenvalue weighted by Crippen LogP contribution is 2.27. The Morgan fingerprint density at radius 2 is 2.40 bits per heavy atom. The molecule has 1 aromatic heterocycles. The minimum absolute atomic E-state index is 0.939. The molecule has 0 radical (unpaired) electrons. The molecule has 54 valence electrons. The number of rotatable bonds is 2. The van der Waals surface area contributed by atoms with Crippen LogP contribution in [0.1, 0.15) is 19.3 Å². The Morgan fingerprint density at radius 3 is 2.90 bits per heavy atom. The van der Waals surface area contributed by atoms with Crippen LogP contribution in [0.5, 0.6) is 0 Å².